The highest BCUT2D eigenvalue weighted by Gasteiger charge is 2.39. The topological polar surface area (TPSA) is 94.3 Å². The van der Waals surface area contributed by atoms with E-state index in [0.717, 1.165) is 5.56 Å². The standard InChI is InChI=1S/C14H17N3O3/c1-14(2,13(19)20)12(18)17(8-4-6-15)10-11-5-3-7-16-9-11/h3,5,7,9H,4,8,10H2,1-2H3,(H,19,20). The molecule has 1 heterocycles. The van der Waals surface area contributed by atoms with Gasteiger partial charge in [0.1, 0.15) is 5.41 Å². The van der Waals surface area contributed by atoms with Crippen LogP contribution in [0.15, 0.2) is 24.5 Å². The molecule has 0 atom stereocenters. The highest BCUT2D eigenvalue weighted by molar-refractivity contribution is 6.00. The summed E-state index contributed by atoms with van der Waals surface area (Å²) in [6.07, 6.45) is 3.38. The van der Waals surface area contributed by atoms with Gasteiger partial charge in [0.05, 0.1) is 12.5 Å². The lowest BCUT2D eigenvalue weighted by Gasteiger charge is -2.28. The molecular weight excluding hydrogens is 258 g/mol. The van der Waals surface area contributed by atoms with Crippen LogP contribution in [0.1, 0.15) is 25.8 Å². The Morgan fingerprint density at radius 1 is 1.50 bits per heavy atom. The van der Waals surface area contributed by atoms with Gasteiger partial charge in [-0.2, -0.15) is 5.26 Å². The predicted octanol–water partition coefficient (Wildman–Crippen LogP) is 1.43. The number of carbonyl (C=O) groups is 2. The zero-order valence-electron chi connectivity index (χ0n) is 11.5. The van der Waals surface area contributed by atoms with E-state index >= 15 is 0 Å². The van der Waals surface area contributed by atoms with Crippen LogP contribution in [0, 0.1) is 16.7 Å². The molecule has 6 heteroatoms. The molecule has 0 aliphatic carbocycles. The van der Waals surface area contributed by atoms with Gasteiger partial charge in [-0.3, -0.25) is 14.6 Å². The van der Waals surface area contributed by atoms with Crippen molar-refractivity contribution < 1.29 is 14.7 Å². The summed E-state index contributed by atoms with van der Waals surface area (Å²) in [6.45, 7) is 3.16. The van der Waals surface area contributed by atoms with Gasteiger partial charge >= 0.3 is 5.97 Å². The van der Waals surface area contributed by atoms with Crippen molar-refractivity contribution in [2.45, 2.75) is 26.8 Å². The van der Waals surface area contributed by atoms with Crippen molar-refractivity contribution in [2.24, 2.45) is 5.41 Å². The fourth-order valence-electron chi connectivity index (χ4n) is 1.64. The Labute approximate surface area is 117 Å². The summed E-state index contributed by atoms with van der Waals surface area (Å²) in [5.74, 6) is -1.69. The zero-order valence-corrected chi connectivity index (χ0v) is 11.5. The first-order chi connectivity index (χ1) is 9.39. The van der Waals surface area contributed by atoms with Crippen LogP contribution in [0.2, 0.25) is 0 Å². The van der Waals surface area contributed by atoms with Gasteiger partial charge < -0.3 is 10.0 Å². The fraction of sp³-hybridized carbons (Fsp3) is 0.429. The molecule has 0 unspecified atom stereocenters. The van der Waals surface area contributed by atoms with Crippen LogP contribution < -0.4 is 0 Å². The van der Waals surface area contributed by atoms with Crippen LogP contribution in [0.4, 0.5) is 0 Å². The van der Waals surface area contributed by atoms with E-state index in [1.54, 1.807) is 24.5 Å². The summed E-state index contributed by atoms with van der Waals surface area (Å²) in [4.78, 5) is 28.8. The Morgan fingerprint density at radius 2 is 2.20 bits per heavy atom. The molecular formula is C14H17N3O3. The molecule has 1 aromatic rings. The van der Waals surface area contributed by atoms with Crippen molar-refractivity contribution in [2.75, 3.05) is 6.54 Å². The molecule has 0 saturated carbocycles. The minimum absolute atomic E-state index is 0.154. The second kappa shape index (κ2) is 6.66. The highest BCUT2D eigenvalue weighted by atomic mass is 16.4. The maximum atomic E-state index is 12.3. The Hall–Kier alpha value is -2.42. The minimum atomic E-state index is -1.52. The van der Waals surface area contributed by atoms with Crippen LogP contribution in [-0.4, -0.2) is 33.4 Å². The number of aromatic nitrogens is 1. The van der Waals surface area contributed by atoms with Crippen molar-refractivity contribution in [3.8, 4) is 6.07 Å². The van der Waals surface area contributed by atoms with E-state index in [1.165, 1.54) is 18.7 Å². The van der Waals surface area contributed by atoms with E-state index in [4.69, 9.17) is 10.4 Å². The molecule has 0 aromatic carbocycles. The predicted molar refractivity (Wildman–Crippen MR) is 71.3 cm³/mol. The monoisotopic (exact) mass is 275 g/mol. The number of carboxylic acids is 1. The van der Waals surface area contributed by atoms with Gasteiger partial charge in [-0.15, -0.1) is 0 Å². The van der Waals surface area contributed by atoms with Crippen molar-refractivity contribution in [3.05, 3.63) is 30.1 Å². The molecule has 0 spiro atoms. The number of hydrogen-bond acceptors (Lipinski definition) is 4. The van der Waals surface area contributed by atoms with Gasteiger partial charge in [-0.1, -0.05) is 6.07 Å². The molecule has 20 heavy (non-hydrogen) atoms. The summed E-state index contributed by atoms with van der Waals surface area (Å²) in [7, 11) is 0. The molecule has 0 aliphatic rings. The number of aliphatic carboxylic acids is 1. The number of nitriles is 1. The highest BCUT2D eigenvalue weighted by Crippen LogP contribution is 2.21. The number of pyridine rings is 1. The average Bonchev–Trinajstić information content (AvgIpc) is 2.43. The van der Waals surface area contributed by atoms with Crippen molar-refractivity contribution >= 4 is 11.9 Å². The largest absolute Gasteiger partial charge is 0.480 e. The number of carbonyl (C=O) groups excluding carboxylic acids is 1. The van der Waals surface area contributed by atoms with Crippen LogP contribution >= 0.6 is 0 Å². The molecule has 0 saturated heterocycles. The third-order valence-electron chi connectivity index (χ3n) is 2.95. The van der Waals surface area contributed by atoms with Crippen molar-refractivity contribution in [3.63, 3.8) is 0 Å². The fourth-order valence-corrected chi connectivity index (χ4v) is 1.64. The molecule has 1 amide bonds. The Morgan fingerprint density at radius 3 is 2.70 bits per heavy atom. The average molecular weight is 275 g/mol. The summed E-state index contributed by atoms with van der Waals surface area (Å²) in [5.41, 5.74) is -0.725. The lowest BCUT2D eigenvalue weighted by Crippen LogP contribution is -2.45. The van der Waals surface area contributed by atoms with E-state index < -0.39 is 17.3 Å². The van der Waals surface area contributed by atoms with Gasteiger partial charge in [-0.05, 0) is 25.5 Å². The first-order valence-electron chi connectivity index (χ1n) is 6.18. The number of nitrogens with zero attached hydrogens (tertiary/aromatic N) is 3. The molecule has 0 aliphatic heterocycles. The lowest BCUT2D eigenvalue weighted by atomic mass is 9.91. The second-order valence-corrected chi connectivity index (χ2v) is 4.93. The minimum Gasteiger partial charge on any atom is -0.480 e. The molecule has 6 nitrogen and oxygen atoms in total. The third-order valence-corrected chi connectivity index (χ3v) is 2.95. The molecule has 106 valence electrons. The molecule has 0 bridgehead atoms. The smallest absolute Gasteiger partial charge is 0.318 e. The molecule has 1 aromatic heterocycles. The summed E-state index contributed by atoms with van der Waals surface area (Å²) in [6, 6.07) is 5.50. The number of amides is 1. The van der Waals surface area contributed by atoms with E-state index in [9.17, 15) is 9.59 Å². The van der Waals surface area contributed by atoms with Crippen LogP contribution in [0.3, 0.4) is 0 Å². The second-order valence-electron chi connectivity index (χ2n) is 4.93. The lowest BCUT2D eigenvalue weighted by molar-refractivity contribution is -0.158. The normalized spacial score (nSPS) is 10.7. The molecule has 1 N–H and O–H groups in total. The van der Waals surface area contributed by atoms with E-state index in [0.29, 0.717) is 0 Å². The molecule has 0 fully saturated rings. The number of hydrogen-bond donors (Lipinski definition) is 1. The molecule has 0 radical (unpaired) electrons. The van der Waals surface area contributed by atoms with Gasteiger partial charge in [0.15, 0.2) is 0 Å². The van der Waals surface area contributed by atoms with E-state index in [-0.39, 0.29) is 19.5 Å². The quantitative estimate of drug-likeness (QED) is 0.792. The summed E-state index contributed by atoms with van der Waals surface area (Å²) in [5, 5.41) is 17.8. The van der Waals surface area contributed by atoms with Crippen LogP contribution in [0.25, 0.3) is 0 Å². The SMILES string of the molecule is CC(C)(C(=O)O)C(=O)N(CCC#N)Cc1cccnc1. The Balaban J connectivity index is 2.92. The van der Waals surface area contributed by atoms with E-state index in [2.05, 4.69) is 4.98 Å². The first kappa shape index (κ1) is 15.6. The molecule has 1 rings (SSSR count). The zero-order chi connectivity index (χ0) is 15.2. The maximum absolute atomic E-state index is 12.3. The Kier molecular flexibility index (Phi) is 5.21. The van der Waals surface area contributed by atoms with Gasteiger partial charge in [0.2, 0.25) is 5.91 Å². The number of carboxylic acid groups (broad SMARTS) is 1. The summed E-state index contributed by atoms with van der Waals surface area (Å²) >= 11 is 0. The van der Waals surface area contributed by atoms with E-state index in [1.807, 2.05) is 6.07 Å². The van der Waals surface area contributed by atoms with Crippen LogP contribution in [0.5, 0.6) is 0 Å². The van der Waals surface area contributed by atoms with Gasteiger partial charge in [0, 0.05) is 25.5 Å². The maximum Gasteiger partial charge on any atom is 0.318 e. The first-order valence-corrected chi connectivity index (χ1v) is 6.18. The Bertz CT molecular complexity index is 520. The van der Waals surface area contributed by atoms with Gasteiger partial charge in [0.25, 0.3) is 0 Å². The number of rotatable bonds is 6. The van der Waals surface area contributed by atoms with Crippen molar-refractivity contribution in [1.29, 1.82) is 5.26 Å². The van der Waals surface area contributed by atoms with Crippen LogP contribution in [-0.2, 0) is 16.1 Å². The summed E-state index contributed by atoms with van der Waals surface area (Å²) < 4.78 is 0. The van der Waals surface area contributed by atoms with Crippen molar-refractivity contribution in [1.82, 2.24) is 9.88 Å². The third kappa shape index (κ3) is 3.79. The van der Waals surface area contributed by atoms with Gasteiger partial charge in [-0.25, -0.2) is 0 Å².